The van der Waals surface area contributed by atoms with Gasteiger partial charge < -0.3 is 4.57 Å². The van der Waals surface area contributed by atoms with Crippen molar-refractivity contribution in [3.05, 3.63) is 188 Å². The lowest BCUT2D eigenvalue weighted by Crippen LogP contribution is -2.07. The Hall–Kier alpha value is -6.61. The van der Waals surface area contributed by atoms with Crippen LogP contribution in [0.15, 0.2) is 188 Å². The Labute approximate surface area is 314 Å². The molecule has 0 N–H and O–H groups in total. The number of aromatic nitrogens is 3. The second-order valence-electron chi connectivity index (χ2n) is 14.0. The SMILES string of the molecule is CP1(=O)c2ccccc2-c2c(-c3cccc(-c4cccc(-c5cccc(-c6nc7c(-c8ccccc8)cc(-c8ccccc8)cn7n6)c5)c4)c3)cccc21. The molecular formula is C49H34N3OP. The van der Waals surface area contributed by atoms with Gasteiger partial charge >= 0.3 is 0 Å². The zero-order chi connectivity index (χ0) is 36.2. The lowest BCUT2D eigenvalue weighted by Gasteiger charge is -2.13. The van der Waals surface area contributed by atoms with E-state index in [9.17, 15) is 4.57 Å². The van der Waals surface area contributed by atoms with Crippen LogP contribution in [-0.2, 0) is 4.57 Å². The molecule has 4 nitrogen and oxygen atoms in total. The van der Waals surface area contributed by atoms with E-state index in [0.717, 1.165) is 88.6 Å². The first-order valence-corrected chi connectivity index (χ1v) is 20.3. The minimum absolute atomic E-state index is 0.677. The van der Waals surface area contributed by atoms with Crippen LogP contribution >= 0.6 is 7.14 Å². The molecule has 54 heavy (non-hydrogen) atoms. The van der Waals surface area contributed by atoms with E-state index in [4.69, 9.17) is 10.1 Å². The summed E-state index contributed by atoms with van der Waals surface area (Å²) in [7, 11) is -2.66. The standard InChI is InChI=1S/C49H34N3OP/c1-54(53)45-26-9-8-24-43(45)47-42(25-13-27-46(47)54)39-22-11-20-37(29-39)35-18-10-19-36(28-35)38-21-12-23-40(30-38)48-50-49-44(34-16-6-3-7-17-34)31-41(32-52(49)51-48)33-14-4-2-5-15-33/h2-32H,1H3. The maximum absolute atomic E-state index is 14.0. The highest BCUT2D eigenvalue weighted by atomic mass is 31.2. The Kier molecular flexibility index (Phi) is 7.61. The molecule has 0 amide bonds. The van der Waals surface area contributed by atoms with Crippen LogP contribution in [0.3, 0.4) is 0 Å². The molecular weight excluding hydrogens is 678 g/mol. The van der Waals surface area contributed by atoms with Gasteiger partial charge in [-0.1, -0.05) is 158 Å². The fourth-order valence-electron chi connectivity index (χ4n) is 7.92. The number of pyridine rings is 1. The number of nitrogens with zero attached hydrogens (tertiary/aromatic N) is 3. The first-order chi connectivity index (χ1) is 26.5. The van der Waals surface area contributed by atoms with Crippen molar-refractivity contribution >= 4 is 23.4 Å². The fourth-order valence-corrected chi connectivity index (χ4v) is 10.2. The first kappa shape index (κ1) is 32.1. The largest absolute Gasteiger partial charge is 0.314 e. The summed E-state index contributed by atoms with van der Waals surface area (Å²) >= 11 is 0. The van der Waals surface area contributed by atoms with Crippen molar-refractivity contribution in [3.63, 3.8) is 0 Å². The topological polar surface area (TPSA) is 47.3 Å². The average Bonchev–Trinajstić information content (AvgIpc) is 3.78. The van der Waals surface area contributed by atoms with Crippen molar-refractivity contribution < 1.29 is 4.57 Å². The molecule has 0 bridgehead atoms. The predicted octanol–water partition coefficient (Wildman–Crippen LogP) is 11.7. The third-order valence-electron chi connectivity index (χ3n) is 10.6. The zero-order valence-electron chi connectivity index (χ0n) is 29.6. The normalized spacial score (nSPS) is 14.5. The Morgan fingerprint density at radius 3 is 1.63 bits per heavy atom. The highest BCUT2D eigenvalue weighted by Gasteiger charge is 2.35. The van der Waals surface area contributed by atoms with Gasteiger partial charge in [0.25, 0.3) is 0 Å². The summed E-state index contributed by atoms with van der Waals surface area (Å²) in [5, 5.41) is 6.93. The van der Waals surface area contributed by atoms with Crippen LogP contribution < -0.4 is 10.6 Å². The van der Waals surface area contributed by atoms with E-state index < -0.39 is 7.14 Å². The number of rotatable bonds is 6. The summed E-state index contributed by atoms with van der Waals surface area (Å²) < 4.78 is 15.9. The second-order valence-corrected chi connectivity index (χ2v) is 16.8. The molecule has 1 atom stereocenters. The summed E-state index contributed by atoms with van der Waals surface area (Å²) in [6, 6.07) is 63.2. The van der Waals surface area contributed by atoms with Gasteiger partial charge in [0, 0.05) is 39.1 Å². The Morgan fingerprint density at radius 1 is 0.426 bits per heavy atom. The zero-order valence-corrected chi connectivity index (χ0v) is 30.5. The van der Waals surface area contributed by atoms with Crippen LogP contribution in [0.25, 0.3) is 83.8 Å². The summed E-state index contributed by atoms with van der Waals surface area (Å²) in [6.45, 7) is 1.90. The van der Waals surface area contributed by atoms with Gasteiger partial charge in [0.05, 0.1) is 0 Å². The van der Waals surface area contributed by atoms with Gasteiger partial charge in [-0.15, -0.1) is 5.10 Å². The van der Waals surface area contributed by atoms with Gasteiger partial charge in [-0.3, -0.25) is 0 Å². The van der Waals surface area contributed by atoms with E-state index in [1.807, 2.05) is 53.6 Å². The van der Waals surface area contributed by atoms with Crippen molar-refractivity contribution in [3.8, 4) is 78.1 Å². The highest BCUT2D eigenvalue weighted by molar-refractivity contribution is 7.79. The van der Waals surface area contributed by atoms with E-state index in [-0.39, 0.29) is 0 Å². The molecule has 10 rings (SSSR count). The molecule has 1 aliphatic rings. The molecule has 0 spiro atoms. The maximum Gasteiger partial charge on any atom is 0.182 e. The lowest BCUT2D eigenvalue weighted by molar-refractivity contribution is 0.591. The van der Waals surface area contributed by atoms with Crippen LogP contribution in [0.5, 0.6) is 0 Å². The smallest absolute Gasteiger partial charge is 0.182 e. The monoisotopic (exact) mass is 711 g/mol. The van der Waals surface area contributed by atoms with Gasteiger partial charge in [0.2, 0.25) is 0 Å². The van der Waals surface area contributed by atoms with Gasteiger partial charge in [-0.25, -0.2) is 9.50 Å². The van der Waals surface area contributed by atoms with Crippen LogP contribution in [0.1, 0.15) is 0 Å². The van der Waals surface area contributed by atoms with Gasteiger partial charge in [-0.05, 0) is 81.0 Å². The molecule has 1 unspecified atom stereocenters. The maximum atomic E-state index is 14.0. The number of hydrogen-bond donors (Lipinski definition) is 0. The molecule has 2 aromatic heterocycles. The minimum atomic E-state index is -2.66. The first-order valence-electron chi connectivity index (χ1n) is 18.2. The van der Waals surface area contributed by atoms with Crippen molar-refractivity contribution in [2.24, 2.45) is 0 Å². The molecule has 5 heteroatoms. The number of fused-ring (bicyclic) bond motifs is 4. The molecule has 0 aliphatic carbocycles. The summed E-state index contributed by atoms with van der Waals surface area (Å²) in [5.41, 5.74) is 15.0. The minimum Gasteiger partial charge on any atom is -0.314 e. The molecule has 7 aromatic carbocycles. The van der Waals surface area contributed by atoms with Crippen molar-refractivity contribution in [1.29, 1.82) is 0 Å². The lowest BCUT2D eigenvalue weighted by atomic mass is 9.92. The van der Waals surface area contributed by atoms with E-state index in [2.05, 4.69) is 146 Å². The molecule has 0 radical (unpaired) electrons. The van der Waals surface area contributed by atoms with E-state index in [0.29, 0.717) is 5.82 Å². The molecule has 0 fully saturated rings. The van der Waals surface area contributed by atoms with Crippen LogP contribution in [-0.4, -0.2) is 21.3 Å². The van der Waals surface area contributed by atoms with E-state index >= 15 is 0 Å². The summed E-state index contributed by atoms with van der Waals surface area (Å²) in [5.74, 6) is 0.677. The van der Waals surface area contributed by atoms with Crippen molar-refractivity contribution in [2.75, 3.05) is 6.66 Å². The fraction of sp³-hybridized carbons (Fsp3) is 0.0204. The van der Waals surface area contributed by atoms with Crippen LogP contribution in [0.2, 0.25) is 0 Å². The van der Waals surface area contributed by atoms with Gasteiger partial charge in [0.15, 0.2) is 11.5 Å². The van der Waals surface area contributed by atoms with Crippen LogP contribution in [0, 0.1) is 0 Å². The van der Waals surface area contributed by atoms with Gasteiger partial charge in [-0.2, -0.15) is 0 Å². The highest BCUT2D eigenvalue weighted by Crippen LogP contribution is 2.52. The van der Waals surface area contributed by atoms with Gasteiger partial charge in [0.1, 0.15) is 7.14 Å². The Morgan fingerprint density at radius 2 is 0.926 bits per heavy atom. The quantitative estimate of drug-likeness (QED) is 0.161. The summed E-state index contributed by atoms with van der Waals surface area (Å²) in [4.78, 5) is 5.11. The van der Waals surface area contributed by atoms with Crippen molar-refractivity contribution in [1.82, 2.24) is 14.6 Å². The van der Waals surface area contributed by atoms with E-state index in [1.165, 1.54) is 0 Å². The average molecular weight is 712 g/mol. The molecule has 0 saturated carbocycles. The predicted molar refractivity (Wildman–Crippen MR) is 224 cm³/mol. The molecule has 1 aliphatic heterocycles. The third-order valence-corrected chi connectivity index (χ3v) is 13.2. The Balaban J connectivity index is 1.02. The van der Waals surface area contributed by atoms with Crippen molar-refractivity contribution in [2.45, 2.75) is 0 Å². The summed E-state index contributed by atoms with van der Waals surface area (Å²) in [6.07, 6.45) is 2.07. The molecule has 9 aromatic rings. The number of hydrogen-bond acceptors (Lipinski definition) is 3. The number of benzene rings is 7. The molecule has 3 heterocycles. The van der Waals surface area contributed by atoms with E-state index in [1.54, 1.807) is 0 Å². The third kappa shape index (κ3) is 5.43. The van der Waals surface area contributed by atoms with Crippen LogP contribution in [0.4, 0.5) is 0 Å². The second kappa shape index (κ2) is 12.8. The Bertz CT molecular complexity index is 2930. The molecule has 256 valence electrons. The molecule has 0 saturated heterocycles.